The lowest BCUT2D eigenvalue weighted by atomic mass is 10.0. The first-order valence-corrected chi connectivity index (χ1v) is 19.9. The molecular weight excluding hydrogens is 740 g/mol. The van der Waals surface area contributed by atoms with Crippen LogP contribution in [0.5, 0.6) is 0 Å². The standard InChI is InChI=1S/C40H43FN8O6S/c1-40(2,3)55-39(52)43-30-11-12-34(41)33(24-30)35-26-49(45-44-35)31-14-19-47(20-15-31)38(51)28-8-4-7-27(23-28)37(50)46-17-6-18-48(22-21-46)56(53,54)36-10-5-9-29-25-42-16-13-32(29)36/h4-5,7-13,16,23-26,31H,6,14-15,17-22H2,1-3H3,(H,43,52). The van der Waals surface area contributed by atoms with Crippen LogP contribution in [0.4, 0.5) is 14.9 Å². The van der Waals surface area contributed by atoms with Crippen LogP contribution in [0, 0.1) is 5.82 Å². The molecule has 0 radical (unpaired) electrons. The number of rotatable bonds is 7. The van der Waals surface area contributed by atoms with Gasteiger partial charge in [0.2, 0.25) is 10.0 Å². The van der Waals surface area contributed by atoms with Crippen LogP contribution in [-0.2, 0) is 14.8 Å². The highest BCUT2D eigenvalue weighted by Crippen LogP contribution is 2.29. The molecule has 7 rings (SSSR count). The van der Waals surface area contributed by atoms with E-state index in [2.05, 4.69) is 20.6 Å². The molecule has 0 saturated carbocycles. The number of hydrogen-bond acceptors (Lipinski definition) is 9. The molecule has 3 amide bonds. The zero-order valence-corrected chi connectivity index (χ0v) is 32.2. The number of hydrogen-bond donors (Lipinski definition) is 1. The number of halogens is 1. The number of benzene rings is 3. The highest BCUT2D eigenvalue weighted by Gasteiger charge is 2.31. The number of anilines is 1. The zero-order valence-electron chi connectivity index (χ0n) is 31.4. The molecule has 56 heavy (non-hydrogen) atoms. The summed E-state index contributed by atoms with van der Waals surface area (Å²) in [5, 5.41) is 12.4. The number of ether oxygens (including phenoxy) is 1. The van der Waals surface area contributed by atoms with E-state index in [4.69, 9.17) is 4.74 Å². The molecule has 2 aliphatic heterocycles. The maximum atomic E-state index is 14.9. The Labute approximate surface area is 324 Å². The van der Waals surface area contributed by atoms with Crippen LogP contribution in [0.25, 0.3) is 22.0 Å². The second-order valence-electron chi connectivity index (χ2n) is 14.9. The number of carbonyl (C=O) groups excluding carboxylic acids is 3. The van der Waals surface area contributed by atoms with Crippen LogP contribution < -0.4 is 5.32 Å². The fourth-order valence-corrected chi connectivity index (χ4v) is 8.76. The molecule has 2 saturated heterocycles. The summed E-state index contributed by atoms with van der Waals surface area (Å²) in [5.41, 5.74) is 0.880. The summed E-state index contributed by atoms with van der Waals surface area (Å²) in [5.74, 6) is -0.987. The monoisotopic (exact) mass is 782 g/mol. The Morgan fingerprint density at radius 3 is 2.30 bits per heavy atom. The summed E-state index contributed by atoms with van der Waals surface area (Å²) < 4.78 is 50.7. The Hall–Kier alpha value is -5.74. The van der Waals surface area contributed by atoms with Gasteiger partial charge < -0.3 is 14.5 Å². The molecule has 0 aliphatic carbocycles. The van der Waals surface area contributed by atoms with Gasteiger partial charge in [0.25, 0.3) is 11.8 Å². The van der Waals surface area contributed by atoms with E-state index in [-0.39, 0.29) is 47.9 Å². The molecule has 1 N–H and O–H groups in total. The number of pyridine rings is 1. The number of aromatic nitrogens is 4. The Balaban J connectivity index is 0.956. The molecule has 3 aromatic carbocycles. The minimum atomic E-state index is -3.82. The molecule has 0 unspecified atom stereocenters. The number of piperidine rings is 1. The van der Waals surface area contributed by atoms with Crippen molar-refractivity contribution in [3.05, 3.63) is 102 Å². The van der Waals surface area contributed by atoms with Crippen molar-refractivity contribution in [2.45, 2.75) is 56.6 Å². The predicted molar refractivity (Wildman–Crippen MR) is 207 cm³/mol. The summed E-state index contributed by atoms with van der Waals surface area (Å²) in [6.45, 7) is 7.12. The molecule has 292 valence electrons. The van der Waals surface area contributed by atoms with Crippen molar-refractivity contribution in [1.29, 1.82) is 0 Å². The van der Waals surface area contributed by atoms with E-state index < -0.39 is 27.5 Å². The first kappa shape index (κ1) is 38.5. The van der Waals surface area contributed by atoms with E-state index in [9.17, 15) is 27.2 Å². The van der Waals surface area contributed by atoms with Gasteiger partial charge in [0.05, 0.1) is 17.1 Å². The fourth-order valence-electron chi connectivity index (χ4n) is 7.08. The van der Waals surface area contributed by atoms with E-state index >= 15 is 0 Å². The van der Waals surface area contributed by atoms with Crippen molar-refractivity contribution in [3.63, 3.8) is 0 Å². The number of carbonyl (C=O) groups is 3. The molecule has 0 spiro atoms. The van der Waals surface area contributed by atoms with Crippen LogP contribution in [-0.4, -0.2) is 105 Å². The minimum absolute atomic E-state index is 0.0802. The molecule has 0 bridgehead atoms. The van der Waals surface area contributed by atoms with Crippen LogP contribution in [0.3, 0.4) is 0 Å². The van der Waals surface area contributed by atoms with Crippen LogP contribution in [0.1, 0.15) is 66.8 Å². The SMILES string of the molecule is CC(C)(C)OC(=O)Nc1ccc(F)c(-c2cn(C3CCN(C(=O)c4cccc(C(=O)N5CCCN(S(=O)(=O)c6cccc7cnccc67)CC5)c4)CC3)nn2)c1. The van der Waals surface area contributed by atoms with Crippen LogP contribution >= 0.6 is 0 Å². The Kier molecular flexibility index (Phi) is 10.9. The number of nitrogens with one attached hydrogen (secondary N) is 1. The number of nitrogens with zero attached hydrogens (tertiary/aromatic N) is 7. The minimum Gasteiger partial charge on any atom is -0.444 e. The quantitative estimate of drug-likeness (QED) is 0.209. The number of amides is 3. The van der Waals surface area contributed by atoms with Gasteiger partial charge in [-0.25, -0.2) is 22.3 Å². The van der Waals surface area contributed by atoms with Gasteiger partial charge in [-0.2, -0.15) is 4.31 Å². The van der Waals surface area contributed by atoms with Crippen LogP contribution in [0.2, 0.25) is 0 Å². The van der Waals surface area contributed by atoms with Crippen molar-refractivity contribution in [3.8, 4) is 11.3 Å². The largest absolute Gasteiger partial charge is 0.444 e. The van der Waals surface area contributed by atoms with Crippen molar-refractivity contribution in [1.82, 2.24) is 34.1 Å². The second kappa shape index (κ2) is 15.8. The van der Waals surface area contributed by atoms with E-state index in [1.807, 2.05) is 6.07 Å². The summed E-state index contributed by atoms with van der Waals surface area (Å²) in [4.78, 5) is 47.3. The molecular formula is C40H43FN8O6S. The average molecular weight is 783 g/mol. The predicted octanol–water partition coefficient (Wildman–Crippen LogP) is 5.99. The van der Waals surface area contributed by atoms with E-state index in [1.54, 1.807) is 96.3 Å². The summed E-state index contributed by atoms with van der Waals surface area (Å²) >= 11 is 0. The Bertz CT molecular complexity index is 2380. The van der Waals surface area contributed by atoms with Crippen LogP contribution in [0.15, 0.2) is 90.2 Å². The van der Waals surface area contributed by atoms with E-state index in [0.717, 1.165) is 5.39 Å². The Morgan fingerprint density at radius 1 is 0.857 bits per heavy atom. The lowest BCUT2D eigenvalue weighted by Crippen LogP contribution is -2.39. The third-order valence-electron chi connectivity index (χ3n) is 9.88. The van der Waals surface area contributed by atoms with Gasteiger partial charge in [0.1, 0.15) is 17.1 Å². The normalized spacial score (nSPS) is 16.1. The number of likely N-dealkylation sites (tertiary alicyclic amines) is 1. The van der Waals surface area contributed by atoms with Crippen molar-refractivity contribution < 1.29 is 31.9 Å². The highest BCUT2D eigenvalue weighted by molar-refractivity contribution is 7.89. The molecule has 4 heterocycles. The first-order valence-electron chi connectivity index (χ1n) is 18.5. The first-order chi connectivity index (χ1) is 26.8. The highest BCUT2D eigenvalue weighted by atomic mass is 32.2. The topological polar surface area (TPSA) is 160 Å². The molecule has 5 aromatic rings. The summed E-state index contributed by atoms with van der Waals surface area (Å²) in [6, 6.07) is 17.5. The van der Waals surface area contributed by atoms with Gasteiger partial charge in [-0.3, -0.25) is 19.9 Å². The molecule has 0 atom stereocenters. The number of sulfonamides is 1. The van der Waals surface area contributed by atoms with Gasteiger partial charge in [0.15, 0.2) is 0 Å². The average Bonchev–Trinajstić information content (AvgIpc) is 3.54. The molecule has 2 aromatic heterocycles. The summed E-state index contributed by atoms with van der Waals surface area (Å²) in [6.07, 6.45) is 5.83. The van der Waals surface area contributed by atoms with Crippen molar-refractivity contribution in [2.75, 3.05) is 44.6 Å². The molecule has 14 nitrogen and oxygen atoms in total. The van der Waals surface area contributed by atoms with Gasteiger partial charge >= 0.3 is 6.09 Å². The van der Waals surface area contributed by atoms with Gasteiger partial charge in [-0.15, -0.1) is 5.10 Å². The fraction of sp³-hybridized carbons (Fsp3) is 0.350. The van der Waals surface area contributed by atoms with Crippen molar-refractivity contribution >= 4 is 44.4 Å². The van der Waals surface area contributed by atoms with Gasteiger partial charge in [0, 0.05) is 84.8 Å². The maximum absolute atomic E-state index is 14.9. The number of fused-ring (bicyclic) bond motifs is 1. The smallest absolute Gasteiger partial charge is 0.412 e. The lowest BCUT2D eigenvalue weighted by molar-refractivity contribution is 0.0633. The third-order valence-corrected chi connectivity index (χ3v) is 11.8. The summed E-state index contributed by atoms with van der Waals surface area (Å²) in [7, 11) is -3.82. The van der Waals surface area contributed by atoms with Crippen molar-refractivity contribution in [2.24, 2.45) is 0 Å². The molecule has 2 aliphatic rings. The zero-order chi connectivity index (χ0) is 39.6. The lowest BCUT2D eigenvalue weighted by Gasteiger charge is -2.32. The Morgan fingerprint density at radius 2 is 1.57 bits per heavy atom. The van der Waals surface area contributed by atoms with E-state index in [0.29, 0.717) is 66.8 Å². The molecule has 16 heteroatoms. The van der Waals surface area contributed by atoms with Gasteiger partial charge in [-0.1, -0.05) is 23.4 Å². The maximum Gasteiger partial charge on any atom is 0.412 e. The van der Waals surface area contributed by atoms with E-state index in [1.165, 1.54) is 22.5 Å². The second-order valence-corrected chi connectivity index (χ2v) is 16.8. The molecule has 2 fully saturated rings. The van der Waals surface area contributed by atoms with Gasteiger partial charge in [-0.05, 0) is 88.6 Å². The third kappa shape index (κ3) is 8.40.